The van der Waals surface area contributed by atoms with Crippen molar-refractivity contribution in [1.29, 1.82) is 0 Å². The molecule has 0 bridgehead atoms. The van der Waals surface area contributed by atoms with Crippen LogP contribution in [0, 0.1) is 11.3 Å². The molecule has 0 aromatic heterocycles. The lowest BCUT2D eigenvalue weighted by Crippen LogP contribution is -2.25. The second-order valence-electron chi connectivity index (χ2n) is 4.81. The molecule has 1 atom stereocenters. The van der Waals surface area contributed by atoms with E-state index in [0.717, 1.165) is 12.5 Å². The van der Waals surface area contributed by atoms with Crippen LogP contribution in [-0.4, -0.2) is 18.5 Å². The molecule has 1 aliphatic rings. The molecule has 0 radical (unpaired) electrons. The summed E-state index contributed by atoms with van der Waals surface area (Å²) in [5.41, 5.74) is 0.233. The first-order chi connectivity index (χ1) is 5.41. The predicted octanol–water partition coefficient (Wildman–Crippen LogP) is 2.49. The Morgan fingerprint density at radius 2 is 2.00 bits per heavy atom. The number of nitrogens with zero attached hydrogens (tertiary/aromatic N) is 1. The first-order valence-corrected chi connectivity index (χ1v) is 4.61. The first kappa shape index (κ1) is 9.56. The topological polar surface area (TPSA) is 21.6 Å². The normalized spacial score (nSPS) is 24.2. The van der Waals surface area contributed by atoms with Gasteiger partial charge in [0.2, 0.25) is 0 Å². The maximum absolute atomic E-state index is 5.50. The quantitative estimate of drug-likeness (QED) is 0.591. The van der Waals surface area contributed by atoms with Crippen LogP contribution < -0.4 is 0 Å². The summed E-state index contributed by atoms with van der Waals surface area (Å²) in [5.74, 6) is 1.35. The molecule has 12 heavy (non-hydrogen) atoms. The second kappa shape index (κ2) is 3.08. The number of aliphatic imine (C=N–C) groups is 1. The fourth-order valence-corrected chi connectivity index (χ4v) is 1.15. The van der Waals surface area contributed by atoms with Crippen molar-refractivity contribution in [2.75, 3.05) is 6.61 Å². The number of rotatable bonds is 1. The lowest BCUT2D eigenvalue weighted by Gasteiger charge is -2.21. The van der Waals surface area contributed by atoms with Crippen LogP contribution >= 0.6 is 0 Å². The van der Waals surface area contributed by atoms with Crippen LogP contribution in [0.5, 0.6) is 0 Å². The fraction of sp³-hybridized carbons (Fsp3) is 0.900. The minimum Gasteiger partial charge on any atom is -0.478 e. The Kier molecular flexibility index (Phi) is 2.45. The number of hydrogen-bond acceptors (Lipinski definition) is 2. The summed E-state index contributed by atoms with van der Waals surface area (Å²) in [6.07, 6.45) is 0. The van der Waals surface area contributed by atoms with Gasteiger partial charge in [0.15, 0.2) is 5.90 Å². The molecule has 1 rings (SSSR count). The molecule has 1 heterocycles. The number of hydrogen-bond donors (Lipinski definition) is 0. The Morgan fingerprint density at radius 3 is 2.25 bits per heavy atom. The maximum Gasteiger partial charge on any atom is 0.186 e. The average Bonchev–Trinajstić information content (AvgIpc) is 2.30. The Morgan fingerprint density at radius 1 is 1.42 bits per heavy atom. The summed E-state index contributed by atoms with van der Waals surface area (Å²) in [6, 6.07) is 0.342. The van der Waals surface area contributed by atoms with E-state index in [0.29, 0.717) is 12.0 Å². The van der Waals surface area contributed by atoms with Crippen molar-refractivity contribution in [3.05, 3.63) is 0 Å². The van der Waals surface area contributed by atoms with E-state index in [-0.39, 0.29) is 5.41 Å². The van der Waals surface area contributed by atoms with Gasteiger partial charge < -0.3 is 4.74 Å². The molecular weight excluding hydrogens is 150 g/mol. The summed E-state index contributed by atoms with van der Waals surface area (Å²) in [7, 11) is 0. The van der Waals surface area contributed by atoms with Crippen LogP contribution in [0.2, 0.25) is 0 Å². The van der Waals surface area contributed by atoms with Gasteiger partial charge >= 0.3 is 0 Å². The minimum atomic E-state index is 0.233. The van der Waals surface area contributed by atoms with Crippen LogP contribution in [-0.2, 0) is 4.74 Å². The van der Waals surface area contributed by atoms with Gasteiger partial charge in [-0.05, 0) is 5.41 Å². The molecular formula is C10H19NO. The molecule has 0 aliphatic carbocycles. The van der Waals surface area contributed by atoms with Gasteiger partial charge in [0.25, 0.3) is 0 Å². The van der Waals surface area contributed by atoms with E-state index in [1.54, 1.807) is 0 Å². The molecule has 0 saturated heterocycles. The third-order valence-corrected chi connectivity index (χ3v) is 2.17. The van der Waals surface area contributed by atoms with Crippen molar-refractivity contribution >= 4 is 5.90 Å². The zero-order valence-electron chi connectivity index (χ0n) is 8.72. The molecule has 0 saturated carbocycles. The van der Waals surface area contributed by atoms with Crippen molar-refractivity contribution in [1.82, 2.24) is 0 Å². The van der Waals surface area contributed by atoms with E-state index >= 15 is 0 Å². The van der Waals surface area contributed by atoms with E-state index in [4.69, 9.17) is 4.74 Å². The average molecular weight is 169 g/mol. The Labute approximate surface area is 75.0 Å². The van der Waals surface area contributed by atoms with E-state index in [9.17, 15) is 0 Å². The smallest absolute Gasteiger partial charge is 0.186 e. The molecule has 1 aliphatic heterocycles. The van der Waals surface area contributed by atoms with Crippen LogP contribution in [0.3, 0.4) is 0 Å². The zero-order chi connectivity index (χ0) is 9.35. The highest BCUT2D eigenvalue weighted by molar-refractivity contribution is 5.79. The van der Waals surface area contributed by atoms with E-state index in [1.807, 2.05) is 0 Å². The van der Waals surface area contributed by atoms with Crippen molar-refractivity contribution in [2.24, 2.45) is 16.3 Å². The molecule has 0 aromatic rings. The minimum absolute atomic E-state index is 0.233. The third kappa shape index (κ3) is 1.99. The van der Waals surface area contributed by atoms with Crippen molar-refractivity contribution in [2.45, 2.75) is 40.7 Å². The maximum atomic E-state index is 5.50. The largest absolute Gasteiger partial charge is 0.478 e. The lowest BCUT2D eigenvalue weighted by atomic mass is 9.88. The van der Waals surface area contributed by atoms with Crippen molar-refractivity contribution < 1.29 is 4.74 Å². The van der Waals surface area contributed by atoms with Gasteiger partial charge in [-0.3, -0.25) is 0 Å². The van der Waals surface area contributed by atoms with Gasteiger partial charge in [-0.25, -0.2) is 4.99 Å². The van der Waals surface area contributed by atoms with Gasteiger partial charge in [-0.1, -0.05) is 34.6 Å². The summed E-state index contributed by atoms with van der Waals surface area (Å²) < 4.78 is 5.50. The first-order valence-electron chi connectivity index (χ1n) is 4.61. The van der Waals surface area contributed by atoms with Crippen molar-refractivity contribution in [3.8, 4) is 0 Å². The van der Waals surface area contributed by atoms with Crippen LogP contribution in [0.1, 0.15) is 34.6 Å². The second-order valence-corrected chi connectivity index (χ2v) is 4.81. The molecule has 0 spiro atoms. The summed E-state index contributed by atoms with van der Waals surface area (Å²) in [5, 5.41) is 0. The van der Waals surface area contributed by atoms with Crippen LogP contribution in [0.4, 0.5) is 0 Å². The lowest BCUT2D eigenvalue weighted by molar-refractivity contribution is 0.230. The van der Waals surface area contributed by atoms with Gasteiger partial charge in [0, 0.05) is 5.92 Å². The summed E-state index contributed by atoms with van der Waals surface area (Å²) in [6.45, 7) is 11.6. The number of ether oxygens (including phenoxy) is 1. The monoisotopic (exact) mass is 169 g/mol. The fourth-order valence-electron chi connectivity index (χ4n) is 1.15. The van der Waals surface area contributed by atoms with E-state index in [1.165, 1.54) is 0 Å². The summed E-state index contributed by atoms with van der Waals surface area (Å²) in [4.78, 5) is 4.55. The molecule has 0 amide bonds. The van der Waals surface area contributed by atoms with Crippen LogP contribution in [0.25, 0.3) is 0 Å². The standard InChI is InChI=1S/C10H19NO/c1-7(2)9-11-8(6-12-9)10(3,4)5/h7-8H,6H2,1-5H3. The molecule has 70 valence electrons. The molecule has 1 unspecified atom stereocenters. The highest BCUT2D eigenvalue weighted by Gasteiger charge is 2.30. The molecule has 0 N–H and O–H groups in total. The van der Waals surface area contributed by atoms with Gasteiger partial charge in [0.05, 0.1) is 6.04 Å². The van der Waals surface area contributed by atoms with Gasteiger partial charge in [-0.2, -0.15) is 0 Å². The molecule has 2 nitrogen and oxygen atoms in total. The molecule has 0 aromatic carbocycles. The van der Waals surface area contributed by atoms with Gasteiger partial charge in [0.1, 0.15) is 6.61 Å². The molecule has 0 fully saturated rings. The highest BCUT2D eigenvalue weighted by Crippen LogP contribution is 2.27. The van der Waals surface area contributed by atoms with Crippen molar-refractivity contribution in [3.63, 3.8) is 0 Å². The highest BCUT2D eigenvalue weighted by atomic mass is 16.5. The Balaban J connectivity index is 2.65. The third-order valence-electron chi connectivity index (χ3n) is 2.17. The van der Waals surface area contributed by atoms with Gasteiger partial charge in [-0.15, -0.1) is 0 Å². The SMILES string of the molecule is CC(C)C1=NC(C(C)(C)C)CO1. The zero-order valence-corrected chi connectivity index (χ0v) is 8.72. The Hall–Kier alpha value is -0.530. The van der Waals surface area contributed by atoms with E-state index in [2.05, 4.69) is 39.6 Å². The predicted molar refractivity (Wildman–Crippen MR) is 51.5 cm³/mol. The molecule has 2 heteroatoms. The van der Waals surface area contributed by atoms with E-state index < -0.39 is 0 Å². The Bertz CT molecular complexity index is 189. The summed E-state index contributed by atoms with van der Waals surface area (Å²) >= 11 is 0. The van der Waals surface area contributed by atoms with Crippen LogP contribution in [0.15, 0.2) is 4.99 Å².